The third kappa shape index (κ3) is 2.04. The normalized spacial score (nSPS) is 18.6. The Morgan fingerprint density at radius 1 is 1.59 bits per heavy atom. The summed E-state index contributed by atoms with van der Waals surface area (Å²) < 4.78 is 27.6. The maximum atomic E-state index is 12.4. The van der Waals surface area contributed by atoms with Crippen LogP contribution < -0.4 is 5.73 Å². The van der Waals surface area contributed by atoms with Crippen LogP contribution in [0, 0.1) is 5.92 Å². The van der Waals surface area contributed by atoms with E-state index in [4.69, 9.17) is 5.73 Å². The average Bonchev–Trinajstić information content (AvgIpc) is 3.03. The minimum absolute atomic E-state index is 0.00861. The molecule has 1 saturated carbocycles. The van der Waals surface area contributed by atoms with Crippen molar-refractivity contribution in [2.24, 2.45) is 13.0 Å². The Morgan fingerprint density at radius 3 is 2.59 bits per heavy atom. The Labute approximate surface area is 101 Å². The predicted molar refractivity (Wildman–Crippen MR) is 64.8 cm³/mol. The summed E-state index contributed by atoms with van der Waals surface area (Å²) in [5.41, 5.74) is 5.62. The van der Waals surface area contributed by atoms with Gasteiger partial charge in [0.05, 0.1) is 6.33 Å². The van der Waals surface area contributed by atoms with Crippen molar-refractivity contribution < 1.29 is 8.42 Å². The standard InChI is InChI=1S/C10H18N4O2S/c1-7(8-4-5-8)14(3)17(15,16)10-9(11)12-6-13(10)2/h6-8H,4-5,11H2,1-3H3. The van der Waals surface area contributed by atoms with E-state index in [-0.39, 0.29) is 16.9 Å². The molecule has 0 bridgehead atoms. The molecule has 17 heavy (non-hydrogen) atoms. The zero-order chi connectivity index (χ0) is 12.8. The number of anilines is 1. The van der Waals surface area contributed by atoms with Gasteiger partial charge in [-0.15, -0.1) is 0 Å². The lowest BCUT2D eigenvalue weighted by molar-refractivity contribution is 0.354. The number of hydrogen-bond donors (Lipinski definition) is 1. The van der Waals surface area contributed by atoms with Crippen LogP contribution in [0.4, 0.5) is 5.82 Å². The van der Waals surface area contributed by atoms with Crippen LogP contribution in [-0.4, -0.2) is 35.4 Å². The lowest BCUT2D eigenvalue weighted by Gasteiger charge is -2.24. The van der Waals surface area contributed by atoms with Gasteiger partial charge in [0, 0.05) is 20.1 Å². The molecule has 2 N–H and O–H groups in total. The maximum Gasteiger partial charge on any atom is 0.262 e. The highest BCUT2D eigenvalue weighted by molar-refractivity contribution is 7.89. The number of rotatable bonds is 4. The maximum absolute atomic E-state index is 12.4. The number of hydrogen-bond acceptors (Lipinski definition) is 4. The number of nitrogens with zero attached hydrogens (tertiary/aromatic N) is 3. The first-order chi connectivity index (χ1) is 7.85. The molecule has 0 spiro atoms. The molecular formula is C10H18N4O2S. The number of nitrogen functional groups attached to an aromatic ring is 1. The predicted octanol–water partition coefficient (Wildman–Crippen LogP) is 0.421. The van der Waals surface area contributed by atoms with Gasteiger partial charge >= 0.3 is 0 Å². The molecule has 1 unspecified atom stereocenters. The third-order valence-corrected chi connectivity index (χ3v) is 5.49. The molecule has 0 saturated heterocycles. The number of aromatic nitrogens is 2. The van der Waals surface area contributed by atoms with Gasteiger partial charge in [0.1, 0.15) is 0 Å². The van der Waals surface area contributed by atoms with Crippen molar-refractivity contribution in [3.8, 4) is 0 Å². The molecule has 1 heterocycles. The second kappa shape index (κ2) is 3.99. The lowest BCUT2D eigenvalue weighted by atomic mass is 10.2. The van der Waals surface area contributed by atoms with E-state index < -0.39 is 10.0 Å². The van der Waals surface area contributed by atoms with E-state index in [0.717, 1.165) is 12.8 Å². The van der Waals surface area contributed by atoms with E-state index in [0.29, 0.717) is 5.92 Å². The highest BCUT2D eigenvalue weighted by Gasteiger charge is 2.37. The fourth-order valence-corrected chi connectivity index (χ4v) is 3.59. The SMILES string of the molecule is CC(C1CC1)N(C)S(=O)(=O)c1c(N)ncn1C. The Morgan fingerprint density at radius 2 is 2.18 bits per heavy atom. The zero-order valence-electron chi connectivity index (χ0n) is 10.3. The van der Waals surface area contributed by atoms with Crippen molar-refractivity contribution in [1.82, 2.24) is 13.9 Å². The van der Waals surface area contributed by atoms with Crippen molar-refractivity contribution in [1.29, 1.82) is 0 Å². The molecule has 2 rings (SSSR count). The Bertz CT molecular complexity index is 499. The summed E-state index contributed by atoms with van der Waals surface area (Å²) in [6.45, 7) is 1.93. The molecule has 96 valence electrons. The van der Waals surface area contributed by atoms with Crippen molar-refractivity contribution >= 4 is 15.8 Å². The fraction of sp³-hybridized carbons (Fsp3) is 0.700. The summed E-state index contributed by atoms with van der Waals surface area (Å²) >= 11 is 0. The highest BCUT2D eigenvalue weighted by Crippen LogP contribution is 2.36. The molecule has 1 aromatic rings. The quantitative estimate of drug-likeness (QED) is 0.848. The Balaban J connectivity index is 2.35. The Kier molecular flexibility index (Phi) is 2.90. The van der Waals surface area contributed by atoms with E-state index >= 15 is 0 Å². The molecular weight excluding hydrogens is 240 g/mol. The van der Waals surface area contributed by atoms with E-state index in [1.54, 1.807) is 14.1 Å². The second-order valence-corrected chi connectivity index (χ2v) is 6.56. The molecule has 0 radical (unpaired) electrons. The van der Waals surface area contributed by atoms with E-state index in [1.807, 2.05) is 6.92 Å². The number of aryl methyl sites for hydroxylation is 1. The van der Waals surface area contributed by atoms with Gasteiger partial charge in [0.15, 0.2) is 10.8 Å². The smallest absolute Gasteiger partial charge is 0.262 e. The van der Waals surface area contributed by atoms with Crippen LogP contribution in [0.15, 0.2) is 11.4 Å². The first-order valence-electron chi connectivity index (χ1n) is 5.60. The van der Waals surface area contributed by atoms with Crippen molar-refractivity contribution in [3.05, 3.63) is 6.33 Å². The Hall–Kier alpha value is -1.08. The van der Waals surface area contributed by atoms with Crippen LogP contribution in [0.3, 0.4) is 0 Å². The van der Waals surface area contributed by atoms with Gasteiger partial charge in [-0.1, -0.05) is 0 Å². The third-order valence-electron chi connectivity index (χ3n) is 3.41. The van der Waals surface area contributed by atoms with Crippen molar-refractivity contribution in [3.63, 3.8) is 0 Å². The summed E-state index contributed by atoms with van der Waals surface area (Å²) in [5, 5.41) is 0.0764. The van der Waals surface area contributed by atoms with Gasteiger partial charge in [0.2, 0.25) is 0 Å². The lowest BCUT2D eigenvalue weighted by Crippen LogP contribution is -2.37. The van der Waals surface area contributed by atoms with Gasteiger partial charge in [-0.2, -0.15) is 4.31 Å². The van der Waals surface area contributed by atoms with E-state index in [1.165, 1.54) is 15.2 Å². The van der Waals surface area contributed by atoms with Gasteiger partial charge in [0.25, 0.3) is 10.0 Å². The monoisotopic (exact) mass is 258 g/mol. The van der Waals surface area contributed by atoms with Crippen LogP contribution >= 0.6 is 0 Å². The van der Waals surface area contributed by atoms with Crippen LogP contribution in [0.2, 0.25) is 0 Å². The number of imidazole rings is 1. The van der Waals surface area contributed by atoms with Crippen LogP contribution in [0.1, 0.15) is 19.8 Å². The molecule has 1 aromatic heterocycles. The van der Waals surface area contributed by atoms with Crippen LogP contribution in [0.25, 0.3) is 0 Å². The largest absolute Gasteiger partial charge is 0.381 e. The van der Waals surface area contributed by atoms with Crippen molar-refractivity contribution in [2.75, 3.05) is 12.8 Å². The number of sulfonamides is 1. The second-order valence-electron chi connectivity index (χ2n) is 4.65. The molecule has 7 heteroatoms. The summed E-state index contributed by atoms with van der Waals surface area (Å²) in [4.78, 5) is 3.82. The van der Waals surface area contributed by atoms with Gasteiger partial charge in [-0.25, -0.2) is 13.4 Å². The zero-order valence-corrected chi connectivity index (χ0v) is 11.1. The van der Waals surface area contributed by atoms with E-state index in [9.17, 15) is 8.42 Å². The minimum Gasteiger partial charge on any atom is -0.381 e. The minimum atomic E-state index is -3.55. The number of nitrogens with two attached hydrogens (primary N) is 1. The average molecular weight is 258 g/mol. The van der Waals surface area contributed by atoms with Crippen molar-refractivity contribution in [2.45, 2.75) is 30.8 Å². The molecule has 1 aliphatic rings. The molecule has 0 aliphatic heterocycles. The summed E-state index contributed by atoms with van der Waals surface area (Å²) in [6.07, 6.45) is 3.61. The topological polar surface area (TPSA) is 81.2 Å². The first kappa shape index (κ1) is 12.4. The molecule has 1 fully saturated rings. The summed E-state index contributed by atoms with van der Waals surface area (Å²) in [7, 11) is -0.320. The highest BCUT2D eigenvalue weighted by atomic mass is 32.2. The molecule has 6 nitrogen and oxygen atoms in total. The fourth-order valence-electron chi connectivity index (χ4n) is 1.98. The van der Waals surface area contributed by atoms with Crippen LogP contribution in [-0.2, 0) is 17.1 Å². The van der Waals surface area contributed by atoms with Gasteiger partial charge in [-0.05, 0) is 25.7 Å². The first-order valence-corrected chi connectivity index (χ1v) is 7.04. The van der Waals surface area contributed by atoms with Gasteiger partial charge < -0.3 is 10.3 Å². The molecule has 0 aromatic carbocycles. The molecule has 1 aliphatic carbocycles. The van der Waals surface area contributed by atoms with Gasteiger partial charge in [-0.3, -0.25) is 0 Å². The van der Waals surface area contributed by atoms with E-state index in [2.05, 4.69) is 4.98 Å². The van der Waals surface area contributed by atoms with Crippen LogP contribution in [0.5, 0.6) is 0 Å². The molecule has 1 atom stereocenters. The summed E-state index contributed by atoms with van der Waals surface area (Å²) in [5.74, 6) is 0.534. The summed E-state index contributed by atoms with van der Waals surface area (Å²) in [6, 6.07) is 0.00861. The molecule has 0 amide bonds.